The highest BCUT2D eigenvalue weighted by Gasteiger charge is 2.32. The first-order valence-electron chi connectivity index (χ1n) is 7.44. The van der Waals surface area contributed by atoms with Gasteiger partial charge in [0.05, 0.1) is 5.69 Å². The van der Waals surface area contributed by atoms with Gasteiger partial charge in [0.15, 0.2) is 18.1 Å². The van der Waals surface area contributed by atoms with Gasteiger partial charge in [0.25, 0.3) is 5.91 Å². The average molecular weight is 320 g/mol. The summed E-state index contributed by atoms with van der Waals surface area (Å²) >= 11 is 0. The molecular weight excluding hydrogens is 299 g/mol. The number of carbonyl (C=O) groups excluding carboxylic acids is 2. The Labute approximate surface area is 134 Å². The van der Waals surface area contributed by atoms with E-state index in [-0.39, 0.29) is 29.3 Å². The molecule has 1 aromatic rings. The summed E-state index contributed by atoms with van der Waals surface area (Å²) in [5, 5.41) is 0. The minimum absolute atomic E-state index is 0.0807. The monoisotopic (exact) mass is 320 g/mol. The fraction of sp³-hybridized carbons (Fsp3) is 0.412. The Hall–Kier alpha value is -2.37. The van der Waals surface area contributed by atoms with E-state index in [4.69, 9.17) is 4.74 Å². The fourth-order valence-corrected chi connectivity index (χ4v) is 2.69. The van der Waals surface area contributed by atoms with Gasteiger partial charge in [0, 0.05) is 6.42 Å². The van der Waals surface area contributed by atoms with Crippen LogP contribution in [0.1, 0.15) is 33.6 Å². The lowest BCUT2D eigenvalue weighted by Crippen LogP contribution is -2.34. The number of amides is 1. The second kappa shape index (κ2) is 6.81. The number of allylic oxidation sites excluding steroid dienone is 2. The number of carbonyl (C=O) groups is 2. The molecule has 6 heteroatoms. The van der Waals surface area contributed by atoms with Crippen molar-refractivity contribution in [1.82, 2.24) is 5.43 Å². The van der Waals surface area contributed by atoms with Crippen molar-refractivity contribution in [3.63, 3.8) is 0 Å². The van der Waals surface area contributed by atoms with Crippen molar-refractivity contribution in [3.8, 4) is 0 Å². The van der Waals surface area contributed by atoms with Crippen LogP contribution in [0.5, 0.6) is 0 Å². The molecule has 0 unspecified atom stereocenters. The van der Waals surface area contributed by atoms with Gasteiger partial charge in [-0.1, -0.05) is 26.0 Å². The van der Waals surface area contributed by atoms with Crippen molar-refractivity contribution < 1.29 is 18.7 Å². The van der Waals surface area contributed by atoms with E-state index in [9.17, 15) is 14.0 Å². The van der Waals surface area contributed by atoms with Crippen LogP contribution < -0.4 is 10.9 Å². The first-order chi connectivity index (χ1) is 10.8. The number of halogens is 1. The van der Waals surface area contributed by atoms with Crippen molar-refractivity contribution in [1.29, 1.82) is 0 Å². The molecule has 23 heavy (non-hydrogen) atoms. The lowest BCUT2D eigenvalue weighted by molar-refractivity contribution is -0.127. The molecule has 0 aromatic heterocycles. The molecule has 5 nitrogen and oxygen atoms in total. The molecule has 0 bridgehead atoms. The maximum atomic E-state index is 13.4. The van der Waals surface area contributed by atoms with Crippen LogP contribution in [0.3, 0.4) is 0 Å². The summed E-state index contributed by atoms with van der Waals surface area (Å²) in [4.78, 5) is 23.8. The van der Waals surface area contributed by atoms with Crippen LogP contribution in [0, 0.1) is 11.2 Å². The zero-order valence-electron chi connectivity index (χ0n) is 13.5. The van der Waals surface area contributed by atoms with Crippen molar-refractivity contribution >= 4 is 17.4 Å². The Morgan fingerprint density at radius 2 is 2.00 bits per heavy atom. The molecule has 1 aromatic carbocycles. The van der Waals surface area contributed by atoms with E-state index in [2.05, 4.69) is 10.9 Å². The first-order valence-corrected chi connectivity index (χ1v) is 7.44. The van der Waals surface area contributed by atoms with Crippen LogP contribution in [-0.4, -0.2) is 18.3 Å². The quantitative estimate of drug-likeness (QED) is 0.819. The van der Waals surface area contributed by atoms with Crippen LogP contribution in [0.4, 0.5) is 10.1 Å². The van der Waals surface area contributed by atoms with Gasteiger partial charge in [-0.15, -0.1) is 0 Å². The Balaban J connectivity index is 1.87. The normalized spacial score (nSPS) is 17.0. The number of nitrogens with one attached hydrogen (secondary N) is 2. The highest BCUT2D eigenvalue weighted by molar-refractivity contribution is 5.96. The number of Topliss-reactive ketones (excluding diaryl/α,β-unsaturated/α-hetero) is 1. The molecule has 0 fully saturated rings. The molecule has 0 spiro atoms. The molecular formula is C17H21FN2O3. The number of hydrogen-bond donors (Lipinski definition) is 2. The summed E-state index contributed by atoms with van der Waals surface area (Å²) in [6.07, 6.45) is 1.15. The highest BCUT2D eigenvalue weighted by Crippen LogP contribution is 2.36. The van der Waals surface area contributed by atoms with E-state index < -0.39 is 11.7 Å². The highest BCUT2D eigenvalue weighted by atomic mass is 19.1. The summed E-state index contributed by atoms with van der Waals surface area (Å²) in [7, 11) is 0. The molecule has 1 aliphatic rings. The summed E-state index contributed by atoms with van der Waals surface area (Å²) in [6, 6.07) is 5.97. The largest absolute Gasteiger partial charge is 0.480 e. The Morgan fingerprint density at radius 3 is 2.65 bits per heavy atom. The lowest BCUT2D eigenvalue weighted by Gasteiger charge is -2.30. The van der Waals surface area contributed by atoms with Gasteiger partial charge in [-0.25, -0.2) is 4.39 Å². The smallest absolute Gasteiger partial charge is 0.276 e. The molecule has 0 heterocycles. The fourth-order valence-electron chi connectivity index (χ4n) is 2.69. The van der Waals surface area contributed by atoms with Crippen LogP contribution in [0.15, 0.2) is 35.6 Å². The van der Waals surface area contributed by atoms with Gasteiger partial charge in [-0.2, -0.15) is 0 Å². The van der Waals surface area contributed by atoms with E-state index in [1.165, 1.54) is 12.1 Å². The number of para-hydroxylation sites is 1. The van der Waals surface area contributed by atoms with E-state index >= 15 is 0 Å². The van der Waals surface area contributed by atoms with Gasteiger partial charge in [-0.05, 0) is 36.5 Å². The number of ether oxygens (including phenoxy) is 1. The Kier molecular flexibility index (Phi) is 5.03. The second-order valence-corrected chi connectivity index (χ2v) is 6.49. The van der Waals surface area contributed by atoms with Crippen LogP contribution >= 0.6 is 0 Å². The summed E-state index contributed by atoms with van der Waals surface area (Å²) in [5.74, 6) is -0.790. The molecule has 1 amide bonds. The predicted molar refractivity (Wildman–Crippen MR) is 84.8 cm³/mol. The summed E-state index contributed by atoms with van der Waals surface area (Å²) in [5.41, 5.74) is 5.74. The molecule has 2 rings (SSSR count). The zero-order valence-corrected chi connectivity index (χ0v) is 13.5. The molecule has 0 radical (unpaired) electrons. The third-order valence-electron chi connectivity index (χ3n) is 3.58. The van der Waals surface area contributed by atoms with Crippen molar-refractivity contribution in [2.24, 2.45) is 5.41 Å². The van der Waals surface area contributed by atoms with Gasteiger partial charge < -0.3 is 4.74 Å². The topological polar surface area (TPSA) is 67.4 Å². The van der Waals surface area contributed by atoms with Crippen molar-refractivity contribution in [2.75, 3.05) is 12.0 Å². The summed E-state index contributed by atoms with van der Waals surface area (Å²) < 4.78 is 18.8. The number of ketones is 1. The third-order valence-corrected chi connectivity index (χ3v) is 3.58. The molecule has 124 valence electrons. The zero-order chi connectivity index (χ0) is 17.0. The molecule has 0 saturated carbocycles. The van der Waals surface area contributed by atoms with Gasteiger partial charge in [0.1, 0.15) is 5.82 Å². The maximum Gasteiger partial charge on any atom is 0.276 e. The lowest BCUT2D eigenvalue weighted by atomic mass is 9.76. The van der Waals surface area contributed by atoms with Crippen LogP contribution in [0.2, 0.25) is 0 Å². The number of hydrogen-bond acceptors (Lipinski definition) is 4. The Bertz CT molecular complexity index is 653. The van der Waals surface area contributed by atoms with Gasteiger partial charge in [0.2, 0.25) is 0 Å². The molecule has 0 saturated heterocycles. The van der Waals surface area contributed by atoms with Gasteiger partial charge >= 0.3 is 0 Å². The molecule has 0 aliphatic heterocycles. The van der Waals surface area contributed by atoms with E-state index in [0.29, 0.717) is 6.42 Å². The molecule has 2 N–H and O–H groups in total. The van der Waals surface area contributed by atoms with E-state index in [1.807, 2.05) is 20.8 Å². The van der Waals surface area contributed by atoms with E-state index in [0.717, 1.165) is 12.0 Å². The SMILES string of the molecule is CC1=C(OCC(=O)NNc2ccccc2F)C(=O)CC(C)(C)C1. The second-order valence-electron chi connectivity index (χ2n) is 6.49. The number of hydrazine groups is 1. The maximum absolute atomic E-state index is 13.4. The number of benzene rings is 1. The minimum atomic E-state index is -0.494. The predicted octanol–water partition coefficient (Wildman–Crippen LogP) is 2.95. The summed E-state index contributed by atoms with van der Waals surface area (Å²) in [6.45, 7) is 5.58. The minimum Gasteiger partial charge on any atom is -0.480 e. The molecule has 0 atom stereocenters. The first kappa shape index (κ1) is 17.0. The average Bonchev–Trinajstić information content (AvgIpc) is 2.44. The van der Waals surface area contributed by atoms with Gasteiger partial charge in [-0.3, -0.25) is 20.4 Å². The standard InChI is InChI=1S/C17H21FN2O3/c1-11-8-17(2,3)9-14(21)16(11)23-10-15(22)20-19-13-7-5-4-6-12(13)18/h4-7,19H,8-10H2,1-3H3,(H,20,22). The Morgan fingerprint density at radius 1 is 1.30 bits per heavy atom. The third kappa shape index (κ3) is 4.55. The van der Waals surface area contributed by atoms with Crippen molar-refractivity contribution in [3.05, 3.63) is 41.4 Å². The number of rotatable bonds is 5. The van der Waals surface area contributed by atoms with Crippen molar-refractivity contribution in [2.45, 2.75) is 33.6 Å². The molecule has 1 aliphatic carbocycles. The van der Waals surface area contributed by atoms with Crippen LogP contribution in [0.25, 0.3) is 0 Å². The number of anilines is 1. The van der Waals surface area contributed by atoms with Crippen LogP contribution in [-0.2, 0) is 14.3 Å². The van der Waals surface area contributed by atoms with E-state index in [1.54, 1.807) is 12.1 Å².